The number of carbonyl (C=O) groups is 2. The van der Waals surface area contributed by atoms with Gasteiger partial charge in [0.25, 0.3) is 0 Å². The number of ether oxygens (including phenoxy) is 1. The summed E-state index contributed by atoms with van der Waals surface area (Å²) in [6.45, 7) is 1.06. The summed E-state index contributed by atoms with van der Waals surface area (Å²) in [6.07, 6.45) is 0. The van der Waals surface area contributed by atoms with Crippen molar-refractivity contribution in [3.8, 4) is 5.75 Å². The molecule has 0 atom stereocenters. The number of carboxylic acids is 1. The highest BCUT2D eigenvalue weighted by Gasteiger charge is 2.18. The Morgan fingerprint density at radius 2 is 1.73 bits per heavy atom. The molecule has 1 aromatic carbocycles. The molecule has 0 heterocycles. The number of halogens is 2. The Morgan fingerprint density at radius 1 is 1.27 bits per heavy atom. The van der Waals surface area contributed by atoms with E-state index in [0.29, 0.717) is 12.1 Å². The highest BCUT2D eigenvalue weighted by atomic mass is 19.1. The lowest BCUT2D eigenvalue weighted by Crippen LogP contribution is -2.07. The quantitative estimate of drug-likeness (QED) is 0.602. The highest BCUT2D eigenvalue weighted by Crippen LogP contribution is 2.20. The van der Waals surface area contributed by atoms with Crippen LogP contribution in [0.1, 0.15) is 17.3 Å². The van der Waals surface area contributed by atoms with E-state index in [4.69, 9.17) is 5.11 Å². The van der Waals surface area contributed by atoms with Crippen LogP contribution < -0.4 is 4.74 Å². The molecule has 0 amide bonds. The molecule has 0 aliphatic carbocycles. The number of aromatic carboxylic acids is 1. The van der Waals surface area contributed by atoms with Gasteiger partial charge in [0.15, 0.2) is 0 Å². The van der Waals surface area contributed by atoms with Gasteiger partial charge in [-0.15, -0.1) is 0 Å². The summed E-state index contributed by atoms with van der Waals surface area (Å²) >= 11 is 0. The molecule has 0 bridgehead atoms. The number of esters is 1. The van der Waals surface area contributed by atoms with Gasteiger partial charge in [0.05, 0.1) is 0 Å². The van der Waals surface area contributed by atoms with E-state index in [0.717, 1.165) is 6.92 Å². The number of carboxylic acid groups (broad SMARTS) is 1. The number of hydrogen-bond acceptors (Lipinski definition) is 3. The zero-order valence-corrected chi connectivity index (χ0v) is 7.58. The Hall–Kier alpha value is -1.98. The standard InChI is InChI=1S/C9H6F2O4/c1-4(12)15-5-2-6(10)8(9(13)14)7(11)3-5/h2-3H,1H3,(H,13,14). The Labute approximate surface area is 83.1 Å². The second-order valence-corrected chi connectivity index (χ2v) is 2.66. The van der Waals surface area contributed by atoms with E-state index < -0.39 is 29.1 Å². The molecule has 80 valence electrons. The van der Waals surface area contributed by atoms with E-state index in [1.807, 2.05) is 0 Å². The molecular formula is C9H6F2O4. The maximum atomic E-state index is 13.0. The second-order valence-electron chi connectivity index (χ2n) is 2.66. The predicted octanol–water partition coefficient (Wildman–Crippen LogP) is 1.59. The lowest BCUT2D eigenvalue weighted by molar-refractivity contribution is -0.131. The maximum absolute atomic E-state index is 13.0. The zero-order valence-electron chi connectivity index (χ0n) is 7.58. The lowest BCUT2D eigenvalue weighted by atomic mass is 10.2. The molecule has 0 radical (unpaired) electrons. The Kier molecular flexibility index (Phi) is 2.99. The Morgan fingerprint density at radius 3 is 2.07 bits per heavy atom. The fourth-order valence-corrected chi connectivity index (χ4v) is 0.979. The van der Waals surface area contributed by atoms with Gasteiger partial charge in [-0.05, 0) is 0 Å². The number of hydrogen-bond donors (Lipinski definition) is 1. The van der Waals surface area contributed by atoms with Gasteiger partial charge in [-0.1, -0.05) is 0 Å². The molecule has 1 aromatic rings. The van der Waals surface area contributed by atoms with Crippen LogP contribution >= 0.6 is 0 Å². The lowest BCUT2D eigenvalue weighted by Gasteiger charge is -2.04. The van der Waals surface area contributed by atoms with E-state index in [1.54, 1.807) is 0 Å². The molecule has 6 heteroatoms. The van der Waals surface area contributed by atoms with Gasteiger partial charge in [-0.2, -0.15) is 0 Å². The first-order valence-corrected chi connectivity index (χ1v) is 3.82. The van der Waals surface area contributed by atoms with Crippen LogP contribution in [0.3, 0.4) is 0 Å². The Balaban J connectivity index is 3.19. The van der Waals surface area contributed by atoms with E-state index >= 15 is 0 Å². The van der Waals surface area contributed by atoms with Gasteiger partial charge in [0, 0.05) is 19.1 Å². The van der Waals surface area contributed by atoms with Crippen LogP contribution in [0.4, 0.5) is 8.78 Å². The van der Waals surface area contributed by atoms with Crippen molar-refractivity contribution in [2.75, 3.05) is 0 Å². The van der Waals surface area contributed by atoms with E-state index in [2.05, 4.69) is 4.74 Å². The summed E-state index contributed by atoms with van der Waals surface area (Å²) < 4.78 is 30.4. The van der Waals surface area contributed by atoms with Crippen molar-refractivity contribution in [1.29, 1.82) is 0 Å². The molecule has 15 heavy (non-hydrogen) atoms. The van der Waals surface area contributed by atoms with Gasteiger partial charge >= 0.3 is 11.9 Å². The van der Waals surface area contributed by atoms with E-state index in [1.165, 1.54) is 0 Å². The minimum Gasteiger partial charge on any atom is -0.477 e. The molecule has 0 saturated heterocycles. The molecule has 0 aromatic heterocycles. The number of benzene rings is 1. The van der Waals surface area contributed by atoms with Gasteiger partial charge in [-0.25, -0.2) is 13.6 Å². The van der Waals surface area contributed by atoms with Gasteiger partial charge in [0.1, 0.15) is 22.9 Å². The first-order valence-electron chi connectivity index (χ1n) is 3.82. The van der Waals surface area contributed by atoms with Crippen molar-refractivity contribution < 1.29 is 28.2 Å². The van der Waals surface area contributed by atoms with Crippen molar-refractivity contribution in [2.24, 2.45) is 0 Å². The van der Waals surface area contributed by atoms with Crippen molar-refractivity contribution in [2.45, 2.75) is 6.92 Å². The van der Waals surface area contributed by atoms with Crippen molar-refractivity contribution in [3.63, 3.8) is 0 Å². The monoisotopic (exact) mass is 216 g/mol. The van der Waals surface area contributed by atoms with Crippen LogP contribution in [0, 0.1) is 11.6 Å². The van der Waals surface area contributed by atoms with Crippen LogP contribution in [0.2, 0.25) is 0 Å². The fourth-order valence-electron chi connectivity index (χ4n) is 0.979. The summed E-state index contributed by atoms with van der Waals surface area (Å²) in [5.41, 5.74) is -1.08. The minimum atomic E-state index is -1.72. The molecule has 0 aliphatic rings. The normalized spacial score (nSPS) is 9.80. The summed E-state index contributed by atoms with van der Waals surface area (Å²) in [5, 5.41) is 8.43. The third kappa shape index (κ3) is 2.49. The summed E-state index contributed by atoms with van der Waals surface area (Å²) in [6, 6.07) is 1.27. The third-order valence-electron chi connectivity index (χ3n) is 1.49. The molecule has 1 rings (SSSR count). The van der Waals surface area contributed by atoms with Gasteiger partial charge < -0.3 is 9.84 Å². The predicted molar refractivity (Wildman–Crippen MR) is 44.6 cm³/mol. The minimum absolute atomic E-state index is 0.373. The van der Waals surface area contributed by atoms with Crippen molar-refractivity contribution in [1.82, 2.24) is 0 Å². The summed E-state index contributed by atoms with van der Waals surface area (Å²) in [4.78, 5) is 20.9. The van der Waals surface area contributed by atoms with Crippen LogP contribution in [0.5, 0.6) is 5.75 Å². The summed E-state index contributed by atoms with van der Waals surface area (Å²) in [7, 11) is 0. The van der Waals surface area contributed by atoms with Crippen molar-refractivity contribution >= 4 is 11.9 Å². The van der Waals surface area contributed by atoms with E-state index in [-0.39, 0.29) is 5.75 Å². The molecule has 1 N–H and O–H groups in total. The van der Waals surface area contributed by atoms with Crippen LogP contribution in [0.25, 0.3) is 0 Å². The first kappa shape index (κ1) is 11.1. The van der Waals surface area contributed by atoms with Crippen LogP contribution in [0.15, 0.2) is 12.1 Å². The van der Waals surface area contributed by atoms with Gasteiger partial charge in [0.2, 0.25) is 0 Å². The fraction of sp³-hybridized carbons (Fsp3) is 0.111. The van der Waals surface area contributed by atoms with Crippen molar-refractivity contribution in [3.05, 3.63) is 29.3 Å². The molecule has 0 aliphatic heterocycles. The summed E-state index contributed by atoms with van der Waals surface area (Å²) in [5.74, 6) is -5.43. The molecule has 0 fully saturated rings. The van der Waals surface area contributed by atoms with Crippen LogP contribution in [-0.4, -0.2) is 17.0 Å². The largest absolute Gasteiger partial charge is 0.477 e. The maximum Gasteiger partial charge on any atom is 0.341 e. The third-order valence-corrected chi connectivity index (χ3v) is 1.49. The average Bonchev–Trinajstić information content (AvgIpc) is 1.99. The number of carbonyl (C=O) groups excluding carboxylic acids is 1. The number of rotatable bonds is 2. The smallest absolute Gasteiger partial charge is 0.341 e. The molecule has 0 spiro atoms. The second kappa shape index (κ2) is 4.04. The average molecular weight is 216 g/mol. The van der Waals surface area contributed by atoms with Crippen LogP contribution in [-0.2, 0) is 4.79 Å². The highest BCUT2D eigenvalue weighted by molar-refractivity contribution is 5.88. The van der Waals surface area contributed by atoms with Gasteiger partial charge in [-0.3, -0.25) is 4.79 Å². The topological polar surface area (TPSA) is 63.6 Å². The first-order chi connectivity index (χ1) is 6.91. The molecular weight excluding hydrogens is 210 g/mol. The molecule has 0 unspecified atom stereocenters. The zero-order chi connectivity index (χ0) is 11.6. The van der Waals surface area contributed by atoms with E-state index in [9.17, 15) is 18.4 Å². The Bertz CT molecular complexity index is 405. The molecule has 4 nitrogen and oxygen atoms in total. The SMILES string of the molecule is CC(=O)Oc1cc(F)c(C(=O)O)c(F)c1. The molecule has 0 saturated carbocycles.